The van der Waals surface area contributed by atoms with Gasteiger partial charge in [-0.25, -0.2) is 9.67 Å². The van der Waals surface area contributed by atoms with E-state index in [-0.39, 0.29) is 5.91 Å². The van der Waals surface area contributed by atoms with Gasteiger partial charge in [-0.05, 0) is 28.8 Å². The predicted octanol–water partition coefficient (Wildman–Crippen LogP) is 0.769. The normalized spacial score (nSPS) is 19.8. The number of carbonyl (C=O) groups excluding carboxylic acids is 1. The van der Waals surface area contributed by atoms with E-state index >= 15 is 0 Å². The van der Waals surface area contributed by atoms with E-state index < -0.39 is 5.54 Å². The molecule has 4 rings (SSSR count). The second-order valence-corrected chi connectivity index (χ2v) is 6.18. The molecule has 0 radical (unpaired) electrons. The molecule has 0 unspecified atom stereocenters. The van der Waals surface area contributed by atoms with Crippen LogP contribution in [0.4, 0.5) is 0 Å². The minimum absolute atomic E-state index is 0.141. The number of hydrogen-bond donors (Lipinski definition) is 0. The standard InChI is InChI=1S/C12H13BrN6O/c13-9-5-15-19(6-9)12(1-2-12)11(20)17-3-4-18-10(7-17)14-8-16-18/h5-6,8H,1-4,7H2. The van der Waals surface area contributed by atoms with Crippen LogP contribution >= 0.6 is 15.9 Å². The van der Waals surface area contributed by atoms with Gasteiger partial charge in [-0.3, -0.25) is 9.48 Å². The van der Waals surface area contributed by atoms with Gasteiger partial charge in [0.15, 0.2) is 0 Å². The fraction of sp³-hybridized carbons (Fsp3) is 0.500. The fourth-order valence-electron chi connectivity index (χ4n) is 2.72. The molecule has 104 valence electrons. The lowest BCUT2D eigenvalue weighted by Crippen LogP contribution is -2.46. The number of aromatic nitrogens is 5. The molecule has 0 atom stereocenters. The van der Waals surface area contributed by atoms with Crippen molar-refractivity contribution in [2.24, 2.45) is 0 Å². The first-order valence-corrected chi connectivity index (χ1v) is 7.35. The van der Waals surface area contributed by atoms with Crippen LogP contribution < -0.4 is 0 Å². The summed E-state index contributed by atoms with van der Waals surface area (Å²) in [5, 5.41) is 8.42. The average molecular weight is 337 g/mol. The van der Waals surface area contributed by atoms with E-state index in [1.165, 1.54) is 0 Å². The first-order valence-electron chi connectivity index (χ1n) is 6.56. The van der Waals surface area contributed by atoms with E-state index in [1.54, 1.807) is 17.2 Å². The lowest BCUT2D eigenvalue weighted by atomic mass is 10.2. The Bertz CT molecular complexity index is 673. The molecule has 3 heterocycles. The lowest BCUT2D eigenvalue weighted by molar-refractivity contribution is -0.138. The highest BCUT2D eigenvalue weighted by Gasteiger charge is 2.54. The second-order valence-electron chi connectivity index (χ2n) is 5.26. The molecular formula is C12H13BrN6O. The highest BCUT2D eigenvalue weighted by atomic mass is 79.9. The van der Waals surface area contributed by atoms with E-state index in [0.717, 1.165) is 23.1 Å². The Hall–Kier alpha value is -1.70. The van der Waals surface area contributed by atoms with Gasteiger partial charge in [0.1, 0.15) is 17.7 Å². The molecule has 0 aromatic carbocycles. The summed E-state index contributed by atoms with van der Waals surface area (Å²) in [6, 6.07) is 0. The van der Waals surface area contributed by atoms with Gasteiger partial charge in [-0.15, -0.1) is 0 Å². The third kappa shape index (κ3) is 1.71. The van der Waals surface area contributed by atoms with E-state index in [4.69, 9.17) is 0 Å². The number of hydrogen-bond acceptors (Lipinski definition) is 4. The molecular weight excluding hydrogens is 324 g/mol. The minimum Gasteiger partial charge on any atom is -0.331 e. The Morgan fingerprint density at radius 1 is 1.30 bits per heavy atom. The van der Waals surface area contributed by atoms with Gasteiger partial charge in [-0.2, -0.15) is 10.2 Å². The van der Waals surface area contributed by atoms with Crippen molar-refractivity contribution in [3.8, 4) is 0 Å². The molecule has 8 heteroatoms. The summed E-state index contributed by atoms with van der Waals surface area (Å²) < 4.78 is 4.54. The first kappa shape index (κ1) is 12.1. The summed E-state index contributed by atoms with van der Waals surface area (Å²) in [4.78, 5) is 18.9. The Balaban J connectivity index is 1.59. The molecule has 1 aliphatic carbocycles. The van der Waals surface area contributed by atoms with Crippen molar-refractivity contribution in [2.75, 3.05) is 6.54 Å². The van der Waals surface area contributed by atoms with Gasteiger partial charge in [0.2, 0.25) is 0 Å². The summed E-state index contributed by atoms with van der Waals surface area (Å²) in [6.45, 7) is 1.92. The van der Waals surface area contributed by atoms with Crippen molar-refractivity contribution in [1.29, 1.82) is 0 Å². The number of fused-ring (bicyclic) bond motifs is 1. The molecule has 2 aromatic heterocycles. The molecule has 2 aliphatic rings. The van der Waals surface area contributed by atoms with E-state index in [0.29, 0.717) is 19.6 Å². The monoisotopic (exact) mass is 336 g/mol. The van der Waals surface area contributed by atoms with Crippen molar-refractivity contribution in [1.82, 2.24) is 29.4 Å². The first-order chi connectivity index (χ1) is 9.69. The Labute approximate surface area is 123 Å². The maximum atomic E-state index is 12.8. The molecule has 2 aromatic rings. The van der Waals surface area contributed by atoms with Gasteiger partial charge in [0.05, 0.1) is 23.8 Å². The van der Waals surface area contributed by atoms with Crippen molar-refractivity contribution < 1.29 is 4.79 Å². The van der Waals surface area contributed by atoms with Crippen molar-refractivity contribution in [3.05, 3.63) is 29.0 Å². The molecule has 0 N–H and O–H groups in total. The van der Waals surface area contributed by atoms with Crippen LogP contribution in [0.15, 0.2) is 23.2 Å². The average Bonchev–Trinajstić information content (AvgIpc) is 2.92. The molecule has 20 heavy (non-hydrogen) atoms. The Morgan fingerprint density at radius 3 is 2.85 bits per heavy atom. The predicted molar refractivity (Wildman–Crippen MR) is 72.6 cm³/mol. The summed E-state index contributed by atoms with van der Waals surface area (Å²) >= 11 is 3.38. The molecule has 1 aliphatic heterocycles. The summed E-state index contributed by atoms with van der Waals surface area (Å²) in [5.41, 5.74) is -0.478. The van der Waals surface area contributed by atoms with Crippen LogP contribution in [0.2, 0.25) is 0 Å². The van der Waals surface area contributed by atoms with Crippen molar-refractivity contribution >= 4 is 21.8 Å². The number of carbonyl (C=O) groups is 1. The van der Waals surface area contributed by atoms with Crippen molar-refractivity contribution in [3.63, 3.8) is 0 Å². The smallest absolute Gasteiger partial charge is 0.251 e. The van der Waals surface area contributed by atoms with Gasteiger partial charge >= 0.3 is 0 Å². The van der Waals surface area contributed by atoms with E-state index in [9.17, 15) is 4.79 Å². The summed E-state index contributed by atoms with van der Waals surface area (Å²) in [6.07, 6.45) is 6.84. The van der Waals surface area contributed by atoms with Crippen LogP contribution in [-0.4, -0.2) is 41.9 Å². The van der Waals surface area contributed by atoms with Crippen LogP contribution in [0, 0.1) is 0 Å². The zero-order chi connectivity index (χ0) is 13.7. The van der Waals surface area contributed by atoms with Crippen LogP contribution in [0.5, 0.6) is 0 Å². The number of halogens is 1. The lowest BCUT2D eigenvalue weighted by Gasteiger charge is -2.30. The maximum Gasteiger partial charge on any atom is 0.251 e. The Kier molecular flexibility index (Phi) is 2.50. The zero-order valence-corrected chi connectivity index (χ0v) is 12.3. The van der Waals surface area contributed by atoms with E-state index in [2.05, 4.69) is 31.1 Å². The quantitative estimate of drug-likeness (QED) is 0.812. The molecule has 1 saturated carbocycles. The van der Waals surface area contributed by atoms with Gasteiger partial charge in [-0.1, -0.05) is 0 Å². The van der Waals surface area contributed by atoms with Gasteiger partial charge in [0, 0.05) is 12.7 Å². The third-order valence-electron chi connectivity index (χ3n) is 4.01. The number of rotatable bonds is 2. The fourth-order valence-corrected chi connectivity index (χ4v) is 3.01. The van der Waals surface area contributed by atoms with Gasteiger partial charge < -0.3 is 4.90 Å². The SMILES string of the molecule is O=C(N1CCn2ncnc2C1)C1(n2cc(Br)cn2)CC1. The number of nitrogens with zero attached hydrogens (tertiary/aromatic N) is 6. The van der Waals surface area contributed by atoms with Crippen LogP contribution in [0.3, 0.4) is 0 Å². The largest absolute Gasteiger partial charge is 0.331 e. The van der Waals surface area contributed by atoms with Crippen LogP contribution in [-0.2, 0) is 23.4 Å². The van der Waals surface area contributed by atoms with Crippen LogP contribution in [0.1, 0.15) is 18.7 Å². The van der Waals surface area contributed by atoms with Crippen LogP contribution in [0.25, 0.3) is 0 Å². The maximum absolute atomic E-state index is 12.8. The number of amides is 1. The molecule has 0 bridgehead atoms. The van der Waals surface area contributed by atoms with Crippen molar-refractivity contribution in [2.45, 2.75) is 31.5 Å². The van der Waals surface area contributed by atoms with Gasteiger partial charge in [0.25, 0.3) is 5.91 Å². The molecule has 1 amide bonds. The Morgan fingerprint density at radius 2 is 2.15 bits per heavy atom. The highest BCUT2D eigenvalue weighted by molar-refractivity contribution is 9.10. The molecule has 1 fully saturated rings. The topological polar surface area (TPSA) is 68.8 Å². The second kappa shape index (κ2) is 4.15. The summed E-state index contributed by atoms with van der Waals surface area (Å²) in [5.74, 6) is 0.990. The molecule has 0 saturated heterocycles. The highest BCUT2D eigenvalue weighted by Crippen LogP contribution is 2.45. The minimum atomic E-state index is -0.478. The molecule has 0 spiro atoms. The molecule has 7 nitrogen and oxygen atoms in total. The summed E-state index contributed by atoms with van der Waals surface area (Å²) in [7, 11) is 0. The zero-order valence-electron chi connectivity index (χ0n) is 10.7. The third-order valence-corrected chi connectivity index (χ3v) is 4.42. The van der Waals surface area contributed by atoms with E-state index in [1.807, 2.05) is 15.8 Å².